The molecule has 2 nitrogen and oxygen atoms in total. The van der Waals surface area contributed by atoms with E-state index < -0.39 is 0 Å². The van der Waals surface area contributed by atoms with E-state index >= 15 is 0 Å². The van der Waals surface area contributed by atoms with Gasteiger partial charge in [-0.05, 0) is 24.8 Å². The third kappa shape index (κ3) is 3.81. The van der Waals surface area contributed by atoms with Crippen molar-refractivity contribution in [1.29, 1.82) is 0 Å². The highest BCUT2D eigenvalue weighted by Gasteiger charge is 2.21. The van der Waals surface area contributed by atoms with E-state index in [9.17, 15) is 0 Å². The van der Waals surface area contributed by atoms with Gasteiger partial charge < -0.3 is 10.2 Å². The molecule has 0 spiro atoms. The Labute approximate surface area is 88.4 Å². The molecule has 1 rings (SSSR count). The second-order valence-electron chi connectivity index (χ2n) is 4.54. The van der Waals surface area contributed by atoms with Crippen molar-refractivity contribution in [2.75, 3.05) is 32.7 Å². The zero-order valence-electron chi connectivity index (χ0n) is 9.63. The summed E-state index contributed by atoms with van der Waals surface area (Å²) in [5.41, 5.74) is 0. The second-order valence-corrected chi connectivity index (χ2v) is 4.54. The molecule has 0 aliphatic carbocycles. The van der Waals surface area contributed by atoms with Crippen LogP contribution in [-0.2, 0) is 0 Å². The molecule has 2 heteroatoms. The van der Waals surface area contributed by atoms with Crippen molar-refractivity contribution in [1.82, 2.24) is 10.2 Å². The highest BCUT2D eigenvalue weighted by atomic mass is 15.1. The van der Waals surface area contributed by atoms with Crippen LogP contribution in [0.15, 0.2) is 12.7 Å². The van der Waals surface area contributed by atoms with Crippen molar-refractivity contribution >= 4 is 0 Å². The zero-order chi connectivity index (χ0) is 10.4. The lowest BCUT2D eigenvalue weighted by atomic mass is 9.89. The van der Waals surface area contributed by atoms with Crippen molar-refractivity contribution in [2.24, 2.45) is 11.8 Å². The SMILES string of the molecule is C=CCNCCN1CCC(C)C(C)C1. The monoisotopic (exact) mass is 196 g/mol. The number of piperidine rings is 1. The highest BCUT2D eigenvalue weighted by Crippen LogP contribution is 2.21. The van der Waals surface area contributed by atoms with Crippen LogP contribution >= 0.6 is 0 Å². The van der Waals surface area contributed by atoms with Gasteiger partial charge in [-0.25, -0.2) is 0 Å². The maximum Gasteiger partial charge on any atom is 0.0132 e. The van der Waals surface area contributed by atoms with Gasteiger partial charge in [0, 0.05) is 26.2 Å². The molecule has 2 unspecified atom stereocenters. The zero-order valence-corrected chi connectivity index (χ0v) is 9.63. The standard InChI is InChI=1S/C12H24N2/c1-4-6-13-7-9-14-8-5-11(2)12(3)10-14/h4,11-13H,1,5-10H2,2-3H3. The van der Waals surface area contributed by atoms with E-state index in [2.05, 4.69) is 30.6 Å². The molecule has 0 bridgehead atoms. The molecule has 0 aromatic heterocycles. The lowest BCUT2D eigenvalue weighted by molar-refractivity contribution is 0.139. The van der Waals surface area contributed by atoms with Gasteiger partial charge in [0.2, 0.25) is 0 Å². The molecule has 1 N–H and O–H groups in total. The number of nitrogens with one attached hydrogen (secondary N) is 1. The first kappa shape index (κ1) is 11.7. The summed E-state index contributed by atoms with van der Waals surface area (Å²) in [7, 11) is 0. The normalized spacial score (nSPS) is 29.0. The predicted octanol–water partition coefficient (Wildman–Crippen LogP) is 1.74. The third-order valence-electron chi connectivity index (χ3n) is 3.31. The molecule has 1 fully saturated rings. The van der Waals surface area contributed by atoms with Crippen LogP contribution in [0, 0.1) is 11.8 Å². The number of hydrogen-bond donors (Lipinski definition) is 1. The van der Waals surface area contributed by atoms with Gasteiger partial charge >= 0.3 is 0 Å². The molecule has 0 aromatic carbocycles. The molecule has 1 aliphatic heterocycles. The van der Waals surface area contributed by atoms with Gasteiger partial charge in [0.25, 0.3) is 0 Å². The van der Waals surface area contributed by atoms with E-state index in [0.29, 0.717) is 0 Å². The van der Waals surface area contributed by atoms with Crippen molar-refractivity contribution in [3.8, 4) is 0 Å². The fraction of sp³-hybridized carbons (Fsp3) is 0.833. The topological polar surface area (TPSA) is 15.3 Å². The maximum atomic E-state index is 3.69. The molecule has 1 heterocycles. The average molecular weight is 196 g/mol. The van der Waals surface area contributed by atoms with Crippen LogP contribution < -0.4 is 5.32 Å². The average Bonchev–Trinajstić information content (AvgIpc) is 2.18. The number of rotatable bonds is 5. The van der Waals surface area contributed by atoms with Crippen molar-refractivity contribution in [3.05, 3.63) is 12.7 Å². The summed E-state index contributed by atoms with van der Waals surface area (Å²) >= 11 is 0. The van der Waals surface area contributed by atoms with Crippen LogP contribution in [-0.4, -0.2) is 37.6 Å². The van der Waals surface area contributed by atoms with E-state index in [1.165, 1.54) is 26.1 Å². The summed E-state index contributed by atoms with van der Waals surface area (Å²) in [4.78, 5) is 2.57. The molecule has 1 saturated heterocycles. The van der Waals surface area contributed by atoms with Gasteiger partial charge in [-0.2, -0.15) is 0 Å². The molecule has 0 aromatic rings. The molecular weight excluding hydrogens is 172 g/mol. The molecule has 1 aliphatic rings. The molecule has 0 saturated carbocycles. The van der Waals surface area contributed by atoms with E-state index in [4.69, 9.17) is 0 Å². The van der Waals surface area contributed by atoms with Gasteiger partial charge in [0.15, 0.2) is 0 Å². The Morgan fingerprint density at radius 1 is 1.43 bits per heavy atom. The van der Waals surface area contributed by atoms with E-state index in [0.717, 1.165) is 24.9 Å². The summed E-state index contributed by atoms with van der Waals surface area (Å²) in [5, 5.41) is 3.35. The van der Waals surface area contributed by atoms with Gasteiger partial charge in [0.1, 0.15) is 0 Å². The molecule has 0 radical (unpaired) electrons. The minimum absolute atomic E-state index is 0.864. The number of hydrogen-bond acceptors (Lipinski definition) is 2. The summed E-state index contributed by atoms with van der Waals surface area (Å²) < 4.78 is 0. The third-order valence-corrected chi connectivity index (χ3v) is 3.31. The summed E-state index contributed by atoms with van der Waals surface area (Å²) in [6.45, 7) is 14.2. The smallest absolute Gasteiger partial charge is 0.0132 e. The molecule has 2 atom stereocenters. The van der Waals surface area contributed by atoms with Crippen molar-refractivity contribution in [3.63, 3.8) is 0 Å². The van der Waals surface area contributed by atoms with Gasteiger partial charge in [0.05, 0.1) is 0 Å². The minimum atomic E-state index is 0.864. The van der Waals surface area contributed by atoms with Crippen LogP contribution in [0.2, 0.25) is 0 Å². The highest BCUT2D eigenvalue weighted by molar-refractivity contribution is 4.76. The van der Waals surface area contributed by atoms with E-state index in [1.54, 1.807) is 0 Å². The maximum absolute atomic E-state index is 3.69. The molecule has 82 valence electrons. The van der Waals surface area contributed by atoms with Gasteiger partial charge in [-0.15, -0.1) is 6.58 Å². The van der Waals surface area contributed by atoms with E-state index in [1.807, 2.05) is 6.08 Å². The summed E-state index contributed by atoms with van der Waals surface area (Å²) in [6, 6.07) is 0. The van der Waals surface area contributed by atoms with Crippen LogP contribution in [0.3, 0.4) is 0 Å². The van der Waals surface area contributed by atoms with Gasteiger partial charge in [-0.3, -0.25) is 0 Å². The van der Waals surface area contributed by atoms with Crippen LogP contribution in [0.25, 0.3) is 0 Å². The van der Waals surface area contributed by atoms with Crippen LogP contribution in [0.4, 0.5) is 0 Å². The lowest BCUT2D eigenvalue weighted by Crippen LogP contribution is -2.41. The fourth-order valence-corrected chi connectivity index (χ4v) is 1.99. The Morgan fingerprint density at radius 3 is 2.86 bits per heavy atom. The molecular formula is C12H24N2. The van der Waals surface area contributed by atoms with Crippen molar-refractivity contribution in [2.45, 2.75) is 20.3 Å². The Kier molecular flexibility index (Phi) is 5.20. The first-order chi connectivity index (χ1) is 6.74. The Hall–Kier alpha value is -0.340. The first-order valence-corrected chi connectivity index (χ1v) is 5.78. The fourth-order valence-electron chi connectivity index (χ4n) is 1.99. The Bertz CT molecular complexity index is 168. The Balaban J connectivity index is 2.10. The largest absolute Gasteiger partial charge is 0.312 e. The van der Waals surface area contributed by atoms with Crippen LogP contribution in [0.5, 0.6) is 0 Å². The Morgan fingerprint density at radius 2 is 2.21 bits per heavy atom. The minimum Gasteiger partial charge on any atom is -0.312 e. The second kappa shape index (κ2) is 6.20. The first-order valence-electron chi connectivity index (χ1n) is 5.78. The van der Waals surface area contributed by atoms with E-state index in [-0.39, 0.29) is 0 Å². The summed E-state index contributed by atoms with van der Waals surface area (Å²) in [6.07, 6.45) is 3.28. The van der Waals surface area contributed by atoms with Gasteiger partial charge in [-0.1, -0.05) is 19.9 Å². The number of likely N-dealkylation sites (tertiary alicyclic amines) is 1. The van der Waals surface area contributed by atoms with Crippen LogP contribution in [0.1, 0.15) is 20.3 Å². The predicted molar refractivity (Wildman–Crippen MR) is 62.5 cm³/mol. The summed E-state index contributed by atoms with van der Waals surface area (Å²) in [5.74, 6) is 1.77. The van der Waals surface area contributed by atoms with Crippen molar-refractivity contribution < 1.29 is 0 Å². The lowest BCUT2D eigenvalue weighted by Gasteiger charge is -2.35. The molecule has 14 heavy (non-hydrogen) atoms. The number of nitrogens with zero attached hydrogens (tertiary/aromatic N) is 1. The molecule has 0 amide bonds. The quantitative estimate of drug-likeness (QED) is 0.532.